The van der Waals surface area contributed by atoms with E-state index in [2.05, 4.69) is 10.3 Å². The maximum Gasteiger partial charge on any atom is 0.285 e. The summed E-state index contributed by atoms with van der Waals surface area (Å²) in [6.07, 6.45) is 3.40. The number of carbonyl (C=O) groups excluding carboxylic acids is 1. The Balaban J connectivity index is 2.16. The molecule has 0 spiro atoms. The van der Waals surface area contributed by atoms with E-state index in [0.717, 1.165) is 23.8 Å². The molecule has 2 rings (SSSR count). The number of halogens is 1. The summed E-state index contributed by atoms with van der Waals surface area (Å²) in [6.45, 7) is 4.34. The van der Waals surface area contributed by atoms with Crippen molar-refractivity contribution in [3.63, 3.8) is 0 Å². The Labute approximate surface area is 138 Å². The Morgan fingerprint density at radius 1 is 1.38 bits per heavy atom. The van der Waals surface area contributed by atoms with Gasteiger partial charge in [0.2, 0.25) is 0 Å². The zero-order valence-corrected chi connectivity index (χ0v) is 13.4. The van der Waals surface area contributed by atoms with Crippen LogP contribution in [0.15, 0.2) is 42.7 Å². The zero-order valence-electron chi connectivity index (χ0n) is 13.4. The number of benzene rings is 1. The van der Waals surface area contributed by atoms with E-state index in [1.165, 1.54) is 0 Å². The molecule has 1 N–H and O–H groups in total. The number of nitro groups is 1. The molecule has 126 valence electrons. The average molecular weight is 331 g/mol. The molecule has 2 aromatic rings. The first kappa shape index (κ1) is 17.5. The van der Waals surface area contributed by atoms with Crippen molar-refractivity contribution in [1.29, 1.82) is 0 Å². The van der Waals surface area contributed by atoms with Crippen molar-refractivity contribution < 1.29 is 14.1 Å². The minimum atomic E-state index is -0.765. The van der Waals surface area contributed by atoms with E-state index in [-0.39, 0.29) is 17.4 Å². The summed E-state index contributed by atoms with van der Waals surface area (Å²) in [5.74, 6) is -1.11. The van der Waals surface area contributed by atoms with Gasteiger partial charge < -0.3 is 5.32 Å². The van der Waals surface area contributed by atoms with E-state index in [9.17, 15) is 19.3 Å². The van der Waals surface area contributed by atoms with Crippen LogP contribution in [0.1, 0.15) is 35.7 Å². The van der Waals surface area contributed by atoms with Gasteiger partial charge in [-0.3, -0.25) is 19.9 Å². The number of hydrogen-bond donors (Lipinski definition) is 1. The molecule has 1 atom stereocenters. The lowest BCUT2D eigenvalue weighted by Crippen LogP contribution is -2.30. The van der Waals surface area contributed by atoms with Gasteiger partial charge in [0.05, 0.1) is 11.0 Å². The molecule has 1 aromatic carbocycles. The van der Waals surface area contributed by atoms with Crippen molar-refractivity contribution in [1.82, 2.24) is 10.3 Å². The molecular formula is C17H18FN3O3. The van der Waals surface area contributed by atoms with E-state index in [1.807, 2.05) is 26.0 Å². The number of nitrogens with zero attached hydrogens (tertiary/aromatic N) is 2. The summed E-state index contributed by atoms with van der Waals surface area (Å²) < 4.78 is 13.2. The first-order chi connectivity index (χ1) is 11.4. The summed E-state index contributed by atoms with van der Waals surface area (Å²) >= 11 is 0. The third-order valence-electron chi connectivity index (χ3n) is 3.80. The van der Waals surface area contributed by atoms with E-state index < -0.39 is 22.3 Å². The maximum absolute atomic E-state index is 13.2. The summed E-state index contributed by atoms with van der Waals surface area (Å²) in [7, 11) is 0. The Bertz CT molecular complexity index is 735. The van der Waals surface area contributed by atoms with E-state index >= 15 is 0 Å². The van der Waals surface area contributed by atoms with Gasteiger partial charge in [0.1, 0.15) is 11.4 Å². The monoisotopic (exact) mass is 331 g/mol. The molecule has 0 aliphatic heterocycles. The number of nitrogens with one attached hydrogen (secondary N) is 1. The molecule has 0 aliphatic rings. The summed E-state index contributed by atoms with van der Waals surface area (Å²) in [5.41, 5.74) is 0.270. The fourth-order valence-corrected chi connectivity index (χ4v) is 2.48. The molecule has 7 heteroatoms. The van der Waals surface area contributed by atoms with Crippen LogP contribution in [-0.2, 0) is 0 Å². The first-order valence-corrected chi connectivity index (χ1v) is 7.52. The number of nitro benzene ring substituents is 1. The van der Waals surface area contributed by atoms with Crippen LogP contribution in [-0.4, -0.2) is 22.4 Å². The van der Waals surface area contributed by atoms with Crippen molar-refractivity contribution in [2.45, 2.75) is 19.8 Å². The Kier molecular flexibility index (Phi) is 5.57. The van der Waals surface area contributed by atoms with Gasteiger partial charge in [0.25, 0.3) is 11.6 Å². The molecule has 1 heterocycles. The quantitative estimate of drug-likeness (QED) is 0.650. The topological polar surface area (TPSA) is 85.1 Å². The standard InChI is InChI=1S/C17H18FN3O3/c1-11(2)15(12-4-3-7-19-9-12)10-20-17(22)14-6-5-13(18)8-16(14)21(23)24/h3-9,11,15H,10H2,1-2H3,(H,20,22). The second-order valence-corrected chi connectivity index (χ2v) is 5.77. The van der Waals surface area contributed by atoms with Crippen molar-refractivity contribution in [3.8, 4) is 0 Å². The predicted molar refractivity (Wildman–Crippen MR) is 87.2 cm³/mol. The average Bonchev–Trinajstić information content (AvgIpc) is 2.55. The molecule has 0 fully saturated rings. The molecule has 1 unspecified atom stereocenters. The van der Waals surface area contributed by atoms with Crippen molar-refractivity contribution in [2.24, 2.45) is 5.92 Å². The van der Waals surface area contributed by atoms with Crippen LogP contribution in [0.5, 0.6) is 0 Å². The minimum absolute atomic E-state index is 0.0159. The normalized spacial score (nSPS) is 12.0. The highest BCUT2D eigenvalue weighted by Crippen LogP contribution is 2.24. The van der Waals surface area contributed by atoms with Gasteiger partial charge in [-0.05, 0) is 29.7 Å². The van der Waals surface area contributed by atoms with Gasteiger partial charge in [-0.25, -0.2) is 4.39 Å². The Hall–Kier alpha value is -2.83. The van der Waals surface area contributed by atoms with Crippen molar-refractivity contribution >= 4 is 11.6 Å². The number of aromatic nitrogens is 1. The third-order valence-corrected chi connectivity index (χ3v) is 3.80. The summed E-state index contributed by atoms with van der Waals surface area (Å²) in [6, 6.07) is 6.64. The van der Waals surface area contributed by atoms with Crippen LogP contribution in [0, 0.1) is 21.8 Å². The lowest BCUT2D eigenvalue weighted by molar-refractivity contribution is -0.385. The number of hydrogen-bond acceptors (Lipinski definition) is 4. The lowest BCUT2D eigenvalue weighted by Gasteiger charge is -2.21. The second kappa shape index (κ2) is 7.63. The van der Waals surface area contributed by atoms with E-state index in [0.29, 0.717) is 6.54 Å². The Morgan fingerprint density at radius 2 is 2.12 bits per heavy atom. The molecule has 0 bridgehead atoms. The van der Waals surface area contributed by atoms with Gasteiger partial charge >= 0.3 is 0 Å². The maximum atomic E-state index is 13.2. The van der Waals surface area contributed by atoms with Gasteiger partial charge in [-0.1, -0.05) is 19.9 Å². The summed E-state index contributed by atoms with van der Waals surface area (Å²) in [5, 5.41) is 13.7. The highest BCUT2D eigenvalue weighted by Gasteiger charge is 2.23. The van der Waals surface area contributed by atoms with Crippen LogP contribution in [0.4, 0.5) is 10.1 Å². The van der Waals surface area contributed by atoms with E-state index in [1.54, 1.807) is 12.4 Å². The van der Waals surface area contributed by atoms with Gasteiger partial charge in [0, 0.05) is 24.9 Å². The molecule has 1 aromatic heterocycles. The van der Waals surface area contributed by atoms with Crippen LogP contribution in [0.25, 0.3) is 0 Å². The van der Waals surface area contributed by atoms with Crippen molar-refractivity contribution in [3.05, 3.63) is 69.8 Å². The molecule has 6 nitrogen and oxygen atoms in total. The predicted octanol–water partition coefficient (Wildman–Crippen LogP) is 3.30. The molecule has 0 radical (unpaired) electrons. The zero-order chi connectivity index (χ0) is 17.7. The molecule has 24 heavy (non-hydrogen) atoms. The largest absolute Gasteiger partial charge is 0.351 e. The number of amides is 1. The van der Waals surface area contributed by atoms with E-state index in [4.69, 9.17) is 0 Å². The van der Waals surface area contributed by atoms with Crippen LogP contribution < -0.4 is 5.32 Å². The Morgan fingerprint density at radius 3 is 2.71 bits per heavy atom. The molecule has 1 amide bonds. The van der Waals surface area contributed by atoms with Gasteiger partial charge in [0.15, 0.2) is 0 Å². The van der Waals surface area contributed by atoms with Crippen LogP contribution in [0.3, 0.4) is 0 Å². The number of carbonyl (C=O) groups is 1. The number of rotatable bonds is 6. The number of pyridine rings is 1. The highest BCUT2D eigenvalue weighted by atomic mass is 19.1. The highest BCUT2D eigenvalue weighted by molar-refractivity contribution is 5.98. The fourth-order valence-electron chi connectivity index (χ4n) is 2.48. The molecular weight excluding hydrogens is 313 g/mol. The van der Waals surface area contributed by atoms with Gasteiger partial charge in [-0.15, -0.1) is 0 Å². The smallest absolute Gasteiger partial charge is 0.285 e. The second-order valence-electron chi connectivity index (χ2n) is 5.77. The fraction of sp³-hybridized carbons (Fsp3) is 0.294. The minimum Gasteiger partial charge on any atom is -0.351 e. The molecule has 0 saturated heterocycles. The third kappa shape index (κ3) is 4.13. The van der Waals surface area contributed by atoms with Crippen molar-refractivity contribution in [2.75, 3.05) is 6.54 Å². The molecule has 0 saturated carbocycles. The first-order valence-electron chi connectivity index (χ1n) is 7.52. The summed E-state index contributed by atoms with van der Waals surface area (Å²) in [4.78, 5) is 26.6. The molecule has 0 aliphatic carbocycles. The lowest BCUT2D eigenvalue weighted by atomic mass is 9.89. The van der Waals surface area contributed by atoms with Gasteiger partial charge in [-0.2, -0.15) is 0 Å². The SMILES string of the molecule is CC(C)C(CNC(=O)c1ccc(F)cc1[N+](=O)[O-])c1cccnc1. The van der Waals surface area contributed by atoms with Crippen LogP contribution in [0.2, 0.25) is 0 Å². The van der Waals surface area contributed by atoms with Crippen LogP contribution >= 0.6 is 0 Å².